The molecule has 6 nitrogen and oxygen atoms in total. The third kappa shape index (κ3) is 5.09. The number of rotatable bonds is 8. The van der Waals surface area contributed by atoms with Crippen LogP contribution in [0.15, 0.2) is 28.8 Å². The highest BCUT2D eigenvalue weighted by atomic mass is 16.5. The number of anilines is 1. The second-order valence-electron chi connectivity index (χ2n) is 5.53. The van der Waals surface area contributed by atoms with Gasteiger partial charge in [-0.2, -0.15) is 4.98 Å². The SMILES string of the molecule is CCOc1ccccc1NC(=O)CCCc1nc(C(C)C)no1. The number of amides is 1. The fraction of sp³-hybridized carbons (Fsp3) is 0.471. The Bertz CT molecular complexity index is 638. The van der Waals surface area contributed by atoms with Crippen LogP contribution in [0.2, 0.25) is 0 Å². The molecule has 2 aromatic rings. The summed E-state index contributed by atoms with van der Waals surface area (Å²) in [6.45, 7) is 6.49. The van der Waals surface area contributed by atoms with E-state index >= 15 is 0 Å². The summed E-state index contributed by atoms with van der Waals surface area (Å²) < 4.78 is 10.7. The fourth-order valence-corrected chi connectivity index (χ4v) is 2.07. The van der Waals surface area contributed by atoms with Crippen molar-refractivity contribution in [3.8, 4) is 5.75 Å². The molecule has 1 aromatic carbocycles. The molecule has 0 saturated carbocycles. The number of para-hydroxylation sites is 2. The van der Waals surface area contributed by atoms with Crippen molar-refractivity contribution in [2.45, 2.75) is 46.0 Å². The fourth-order valence-electron chi connectivity index (χ4n) is 2.07. The molecule has 0 aliphatic carbocycles. The maximum absolute atomic E-state index is 12.0. The Kier molecular flexibility index (Phi) is 6.14. The number of hydrogen-bond acceptors (Lipinski definition) is 5. The summed E-state index contributed by atoms with van der Waals surface area (Å²) in [5.41, 5.74) is 0.694. The van der Waals surface area contributed by atoms with Gasteiger partial charge in [-0.3, -0.25) is 4.79 Å². The third-order valence-corrected chi connectivity index (χ3v) is 3.26. The Labute approximate surface area is 136 Å². The first-order valence-corrected chi connectivity index (χ1v) is 7.94. The maximum Gasteiger partial charge on any atom is 0.226 e. The Balaban J connectivity index is 1.81. The number of carbonyl (C=O) groups is 1. The van der Waals surface area contributed by atoms with Crippen molar-refractivity contribution in [1.29, 1.82) is 0 Å². The van der Waals surface area contributed by atoms with E-state index in [9.17, 15) is 4.79 Å². The molecule has 0 aliphatic heterocycles. The highest BCUT2D eigenvalue weighted by Gasteiger charge is 2.11. The molecule has 23 heavy (non-hydrogen) atoms. The molecular weight excluding hydrogens is 294 g/mol. The summed E-state index contributed by atoms with van der Waals surface area (Å²) in [5, 5.41) is 6.78. The smallest absolute Gasteiger partial charge is 0.226 e. The molecule has 6 heteroatoms. The van der Waals surface area contributed by atoms with Crippen molar-refractivity contribution in [2.75, 3.05) is 11.9 Å². The van der Waals surface area contributed by atoms with Crippen molar-refractivity contribution < 1.29 is 14.1 Å². The average molecular weight is 317 g/mol. The lowest BCUT2D eigenvalue weighted by Gasteiger charge is -2.10. The lowest BCUT2D eigenvalue weighted by molar-refractivity contribution is -0.116. The largest absolute Gasteiger partial charge is 0.492 e. The summed E-state index contributed by atoms with van der Waals surface area (Å²) in [7, 11) is 0. The summed E-state index contributed by atoms with van der Waals surface area (Å²) in [5.74, 6) is 2.15. The highest BCUT2D eigenvalue weighted by molar-refractivity contribution is 5.92. The van der Waals surface area contributed by atoms with E-state index in [4.69, 9.17) is 9.26 Å². The van der Waals surface area contributed by atoms with Crippen LogP contribution in [0, 0.1) is 0 Å². The zero-order valence-electron chi connectivity index (χ0n) is 13.8. The zero-order valence-corrected chi connectivity index (χ0v) is 13.8. The maximum atomic E-state index is 12.0. The molecule has 0 aliphatic rings. The van der Waals surface area contributed by atoms with Crippen LogP contribution in [0.5, 0.6) is 5.75 Å². The summed E-state index contributed by atoms with van der Waals surface area (Å²) in [4.78, 5) is 16.3. The summed E-state index contributed by atoms with van der Waals surface area (Å²) >= 11 is 0. The molecule has 1 amide bonds. The molecule has 0 saturated heterocycles. The standard InChI is InChI=1S/C17H23N3O3/c1-4-22-14-9-6-5-8-13(14)18-15(21)10-7-11-16-19-17(12(2)3)20-23-16/h5-6,8-9,12H,4,7,10-11H2,1-3H3,(H,18,21). The molecule has 0 unspecified atom stereocenters. The third-order valence-electron chi connectivity index (χ3n) is 3.26. The molecule has 2 rings (SSSR count). The summed E-state index contributed by atoms with van der Waals surface area (Å²) in [6, 6.07) is 7.41. The molecule has 0 fully saturated rings. The van der Waals surface area contributed by atoms with Crippen molar-refractivity contribution in [1.82, 2.24) is 10.1 Å². The molecule has 1 N–H and O–H groups in total. The monoisotopic (exact) mass is 317 g/mol. The van der Waals surface area contributed by atoms with Crippen LogP contribution in [0.25, 0.3) is 0 Å². The molecule has 0 atom stereocenters. The Hall–Kier alpha value is -2.37. The van der Waals surface area contributed by atoms with E-state index in [-0.39, 0.29) is 11.8 Å². The number of aromatic nitrogens is 2. The van der Waals surface area contributed by atoms with Crippen LogP contribution in [0.1, 0.15) is 51.2 Å². The number of benzene rings is 1. The zero-order chi connectivity index (χ0) is 16.7. The van der Waals surface area contributed by atoms with Crippen molar-refractivity contribution in [3.63, 3.8) is 0 Å². The van der Waals surface area contributed by atoms with Gasteiger partial charge in [-0.25, -0.2) is 0 Å². The number of carbonyl (C=O) groups excluding carboxylic acids is 1. The van der Waals surface area contributed by atoms with Crippen LogP contribution in [0.4, 0.5) is 5.69 Å². The number of hydrogen-bond donors (Lipinski definition) is 1. The van der Waals surface area contributed by atoms with Gasteiger partial charge >= 0.3 is 0 Å². The van der Waals surface area contributed by atoms with Gasteiger partial charge in [0.05, 0.1) is 12.3 Å². The Morgan fingerprint density at radius 3 is 2.83 bits per heavy atom. The van der Waals surface area contributed by atoms with Gasteiger partial charge in [-0.1, -0.05) is 31.1 Å². The van der Waals surface area contributed by atoms with Gasteiger partial charge in [0.2, 0.25) is 11.8 Å². The van der Waals surface area contributed by atoms with Gasteiger partial charge in [0.1, 0.15) is 5.75 Å². The van der Waals surface area contributed by atoms with E-state index in [0.29, 0.717) is 49.0 Å². The van der Waals surface area contributed by atoms with Gasteiger partial charge in [0.25, 0.3) is 0 Å². The molecule has 1 heterocycles. The van der Waals surface area contributed by atoms with E-state index < -0.39 is 0 Å². The molecule has 0 bridgehead atoms. The van der Waals surface area contributed by atoms with Crippen molar-refractivity contribution in [2.24, 2.45) is 0 Å². The van der Waals surface area contributed by atoms with Gasteiger partial charge in [0.15, 0.2) is 5.82 Å². The minimum Gasteiger partial charge on any atom is -0.492 e. The molecular formula is C17H23N3O3. The van der Waals surface area contributed by atoms with E-state index in [1.807, 2.05) is 45.0 Å². The first-order valence-electron chi connectivity index (χ1n) is 7.94. The van der Waals surface area contributed by atoms with Gasteiger partial charge < -0.3 is 14.6 Å². The van der Waals surface area contributed by atoms with Crippen molar-refractivity contribution >= 4 is 11.6 Å². The van der Waals surface area contributed by atoms with Gasteiger partial charge in [0, 0.05) is 18.8 Å². The topological polar surface area (TPSA) is 77.2 Å². The van der Waals surface area contributed by atoms with E-state index in [1.165, 1.54) is 0 Å². The molecule has 124 valence electrons. The number of nitrogens with one attached hydrogen (secondary N) is 1. The number of aryl methyl sites for hydroxylation is 1. The second-order valence-corrected chi connectivity index (χ2v) is 5.53. The molecule has 0 radical (unpaired) electrons. The first-order chi connectivity index (χ1) is 11.1. The van der Waals surface area contributed by atoms with Crippen LogP contribution in [-0.4, -0.2) is 22.7 Å². The lowest BCUT2D eigenvalue weighted by Crippen LogP contribution is -2.12. The average Bonchev–Trinajstić information content (AvgIpc) is 2.99. The van der Waals surface area contributed by atoms with Crippen LogP contribution in [-0.2, 0) is 11.2 Å². The highest BCUT2D eigenvalue weighted by Crippen LogP contribution is 2.23. The Morgan fingerprint density at radius 2 is 2.13 bits per heavy atom. The predicted octanol–water partition coefficient (Wildman–Crippen LogP) is 3.55. The normalized spacial score (nSPS) is 10.8. The van der Waals surface area contributed by atoms with E-state index in [1.54, 1.807) is 0 Å². The minimum absolute atomic E-state index is 0.0549. The van der Waals surface area contributed by atoms with Crippen LogP contribution < -0.4 is 10.1 Å². The minimum atomic E-state index is -0.0549. The number of ether oxygens (including phenoxy) is 1. The first kappa shape index (κ1) is 17.0. The predicted molar refractivity (Wildman–Crippen MR) is 87.6 cm³/mol. The summed E-state index contributed by atoms with van der Waals surface area (Å²) in [6.07, 6.45) is 1.64. The second kappa shape index (κ2) is 8.31. The molecule has 0 spiro atoms. The molecule has 1 aromatic heterocycles. The van der Waals surface area contributed by atoms with E-state index in [2.05, 4.69) is 15.5 Å². The number of nitrogens with zero attached hydrogens (tertiary/aromatic N) is 2. The van der Waals surface area contributed by atoms with Crippen LogP contribution in [0.3, 0.4) is 0 Å². The lowest BCUT2D eigenvalue weighted by atomic mass is 10.2. The van der Waals surface area contributed by atoms with Gasteiger partial charge in [-0.15, -0.1) is 0 Å². The Morgan fingerprint density at radius 1 is 1.35 bits per heavy atom. The van der Waals surface area contributed by atoms with Crippen LogP contribution >= 0.6 is 0 Å². The van der Waals surface area contributed by atoms with E-state index in [0.717, 1.165) is 0 Å². The van der Waals surface area contributed by atoms with Gasteiger partial charge in [-0.05, 0) is 25.5 Å². The quantitative estimate of drug-likeness (QED) is 0.805. The van der Waals surface area contributed by atoms with Crippen molar-refractivity contribution in [3.05, 3.63) is 36.0 Å².